The van der Waals surface area contributed by atoms with Crippen LogP contribution in [0.25, 0.3) is 5.76 Å². The van der Waals surface area contributed by atoms with E-state index in [2.05, 4.69) is 34.6 Å². The SMILES string of the molecule is COCCN1C(=O)C(=O)C(=C(O)c2ccc(OCC(C)C)c(C)c2)[C@H]1c1ccc(C(C)(C)C)cc1. The van der Waals surface area contributed by atoms with Crippen LogP contribution in [0.4, 0.5) is 0 Å². The van der Waals surface area contributed by atoms with Gasteiger partial charge in [-0.2, -0.15) is 0 Å². The van der Waals surface area contributed by atoms with Gasteiger partial charge in [-0.3, -0.25) is 9.59 Å². The van der Waals surface area contributed by atoms with Gasteiger partial charge in [0.1, 0.15) is 11.5 Å². The molecule has 0 spiro atoms. The summed E-state index contributed by atoms with van der Waals surface area (Å²) in [5.41, 5.74) is 3.28. The molecule has 1 aliphatic rings. The first-order valence-corrected chi connectivity index (χ1v) is 12.1. The zero-order chi connectivity index (χ0) is 25.9. The van der Waals surface area contributed by atoms with Gasteiger partial charge in [-0.25, -0.2) is 0 Å². The largest absolute Gasteiger partial charge is 0.507 e. The molecule has 0 unspecified atom stereocenters. The van der Waals surface area contributed by atoms with Gasteiger partial charge < -0.3 is 19.5 Å². The summed E-state index contributed by atoms with van der Waals surface area (Å²) < 4.78 is 11.0. The number of carbonyl (C=O) groups excluding carboxylic acids is 2. The van der Waals surface area contributed by atoms with Crippen LogP contribution in [0.1, 0.15) is 62.9 Å². The van der Waals surface area contributed by atoms with E-state index in [-0.39, 0.29) is 29.9 Å². The Balaban J connectivity index is 2.08. The highest BCUT2D eigenvalue weighted by Gasteiger charge is 2.46. The van der Waals surface area contributed by atoms with Crippen LogP contribution in [0.5, 0.6) is 5.75 Å². The predicted octanol–water partition coefficient (Wildman–Crippen LogP) is 5.40. The average Bonchev–Trinajstić information content (AvgIpc) is 3.05. The second kappa shape index (κ2) is 10.6. The summed E-state index contributed by atoms with van der Waals surface area (Å²) in [6.07, 6.45) is 0. The Morgan fingerprint density at radius 3 is 2.29 bits per heavy atom. The summed E-state index contributed by atoms with van der Waals surface area (Å²) in [5, 5.41) is 11.3. The third-order valence-corrected chi connectivity index (χ3v) is 6.19. The summed E-state index contributed by atoms with van der Waals surface area (Å²) in [6, 6.07) is 12.5. The third kappa shape index (κ3) is 5.76. The topological polar surface area (TPSA) is 76.1 Å². The van der Waals surface area contributed by atoms with Crippen molar-refractivity contribution in [3.05, 3.63) is 70.3 Å². The maximum atomic E-state index is 13.2. The van der Waals surface area contributed by atoms with Gasteiger partial charge in [0.2, 0.25) is 0 Å². The molecule has 188 valence electrons. The van der Waals surface area contributed by atoms with Crippen molar-refractivity contribution in [3.63, 3.8) is 0 Å². The fraction of sp³-hybridized carbons (Fsp3) is 0.448. The first-order chi connectivity index (χ1) is 16.5. The van der Waals surface area contributed by atoms with Crippen LogP contribution in [0.2, 0.25) is 0 Å². The molecule has 0 bridgehead atoms. The van der Waals surface area contributed by atoms with Crippen molar-refractivity contribution in [2.75, 3.05) is 26.9 Å². The molecule has 1 N–H and O–H groups in total. The summed E-state index contributed by atoms with van der Waals surface area (Å²) in [5.74, 6) is -0.407. The molecule has 3 rings (SSSR count). The van der Waals surface area contributed by atoms with E-state index in [0.717, 1.165) is 22.4 Å². The second-order valence-corrected chi connectivity index (χ2v) is 10.5. The van der Waals surface area contributed by atoms with Crippen molar-refractivity contribution in [2.45, 2.75) is 53.0 Å². The molecule has 6 heteroatoms. The highest BCUT2D eigenvalue weighted by atomic mass is 16.5. The second-order valence-electron chi connectivity index (χ2n) is 10.5. The van der Waals surface area contributed by atoms with E-state index >= 15 is 0 Å². The van der Waals surface area contributed by atoms with Gasteiger partial charge in [0, 0.05) is 19.2 Å². The normalized spacial score (nSPS) is 17.9. The molecule has 2 aromatic rings. The lowest BCUT2D eigenvalue weighted by molar-refractivity contribution is -0.140. The number of aliphatic hydroxyl groups is 1. The minimum Gasteiger partial charge on any atom is -0.507 e. The standard InChI is InChI=1S/C29H37NO5/c1-18(2)17-35-23-13-10-21(16-19(23)3)26(31)24-25(30(14-15-34-7)28(33)27(24)32)20-8-11-22(12-9-20)29(4,5)6/h8-13,16,18,25,31H,14-15,17H2,1-7H3/t25-/m1/s1. The van der Waals surface area contributed by atoms with Crippen molar-refractivity contribution in [3.8, 4) is 5.75 Å². The fourth-order valence-corrected chi connectivity index (χ4v) is 4.18. The van der Waals surface area contributed by atoms with Crippen LogP contribution < -0.4 is 4.74 Å². The van der Waals surface area contributed by atoms with Gasteiger partial charge >= 0.3 is 0 Å². The lowest BCUT2D eigenvalue weighted by Gasteiger charge is -2.26. The van der Waals surface area contributed by atoms with Gasteiger partial charge in [0.05, 0.1) is 24.8 Å². The molecule has 1 amide bonds. The van der Waals surface area contributed by atoms with E-state index < -0.39 is 17.7 Å². The van der Waals surface area contributed by atoms with E-state index in [4.69, 9.17) is 9.47 Å². The van der Waals surface area contributed by atoms with Crippen molar-refractivity contribution in [2.24, 2.45) is 5.92 Å². The zero-order valence-electron chi connectivity index (χ0n) is 21.8. The number of likely N-dealkylation sites (tertiary alicyclic amines) is 1. The summed E-state index contributed by atoms with van der Waals surface area (Å²) in [6.45, 7) is 13.5. The zero-order valence-corrected chi connectivity index (χ0v) is 21.8. The van der Waals surface area contributed by atoms with Crippen LogP contribution in [-0.2, 0) is 19.7 Å². The Kier molecular flexibility index (Phi) is 8.06. The van der Waals surface area contributed by atoms with Crippen LogP contribution >= 0.6 is 0 Å². The molecule has 1 saturated heterocycles. The Labute approximate surface area is 208 Å². The molecule has 1 aliphatic heterocycles. The average molecular weight is 480 g/mol. The number of ether oxygens (including phenoxy) is 2. The number of aryl methyl sites for hydroxylation is 1. The molecule has 6 nitrogen and oxygen atoms in total. The first kappa shape index (κ1) is 26.5. The Bertz CT molecular complexity index is 1110. The number of rotatable bonds is 8. The molecule has 1 fully saturated rings. The minimum atomic E-state index is -0.698. The number of ketones is 1. The van der Waals surface area contributed by atoms with Gasteiger partial charge in [0.25, 0.3) is 11.7 Å². The van der Waals surface area contributed by atoms with E-state index in [1.807, 2.05) is 31.2 Å². The van der Waals surface area contributed by atoms with Crippen molar-refractivity contribution < 1.29 is 24.2 Å². The predicted molar refractivity (Wildman–Crippen MR) is 138 cm³/mol. The number of benzene rings is 2. The molecular weight excluding hydrogens is 442 g/mol. The number of Topliss-reactive ketones (excluding diaryl/α,β-unsaturated/α-hetero) is 1. The summed E-state index contributed by atoms with van der Waals surface area (Å²) in [7, 11) is 1.55. The monoisotopic (exact) mass is 479 g/mol. The van der Waals surface area contributed by atoms with E-state index in [1.54, 1.807) is 25.3 Å². The molecule has 1 atom stereocenters. The van der Waals surface area contributed by atoms with Crippen molar-refractivity contribution in [1.29, 1.82) is 0 Å². The van der Waals surface area contributed by atoms with E-state index in [1.165, 1.54) is 4.90 Å². The van der Waals surface area contributed by atoms with Crippen LogP contribution in [0, 0.1) is 12.8 Å². The van der Waals surface area contributed by atoms with Gasteiger partial charge in [-0.05, 0) is 53.1 Å². The number of methoxy groups -OCH3 is 1. The molecular formula is C29H37NO5. The number of carbonyl (C=O) groups is 2. The van der Waals surface area contributed by atoms with Gasteiger partial charge in [-0.1, -0.05) is 58.9 Å². The molecule has 1 heterocycles. The number of hydrogen-bond donors (Lipinski definition) is 1. The number of nitrogens with zero attached hydrogens (tertiary/aromatic N) is 1. The van der Waals surface area contributed by atoms with Crippen LogP contribution in [-0.4, -0.2) is 48.6 Å². The minimum absolute atomic E-state index is 0.0344. The summed E-state index contributed by atoms with van der Waals surface area (Å²) >= 11 is 0. The smallest absolute Gasteiger partial charge is 0.295 e. The maximum absolute atomic E-state index is 13.2. The Hall–Kier alpha value is -3.12. The Morgan fingerprint density at radius 2 is 1.74 bits per heavy atom. The van der Waals surface area contributed by atoms with Crippen molar-refractivity contribution >= 4 is 17.4 Å². The quantitative estimate of drug-likeness (QED) is 0.312. The Morgan fingerprint density at radius 1 is 1.09 bits per heavy atom. The molecule has 0 aromatic heterocycles. The van der Waals surface area contributed by atoms with E-state index in [0.29, 0.717) is 18.1 Å². The summed E-state index contributed by atoms with van der Waals surface area (Å²) in [4.78, 5) is 27.6. The lowest BCUT2D eigenvalue weighted by Crippen LogP contribution is -2.32. The highest BCUT2D eigenvalue weighted by Crippen LogP contribution is 2.40. The first-order valence-electron chi connectivity index (χ1n) is 12.1. The lowest BCUT2D eigenvalue weighted by atomic mass is 9.85. The van der Waals surface area contributed by atoms with Gasteiger partial charge in [0.15, 0.2) is 0 Å². The molecule has 0 radical (unpaired) electrons. The molecule has 35 heavy (non-hydrogen) atoms. The number of hydrogen-bond acceptors (Lipinski definition) is 5. The molecule has 0 saturated carbocycles. The molecule has 2 aromatic carbocycles. The number of amides is 1. The van der Waals surface area contributed by atoms with Crippen molar-refractivity contribution in [1.82, 2.24) is 4.90 Å². The van der Waals surface area contributed by atoms with Gasteiger partial charge in [-0.15, -0.1) is 0 Å². The van der Waals surface area contributed by atoms with E-state index in [9.17, 15) is 14.7 Å². The highest BCUT2D eigenvalue weighted by molar-refractivity contribution is 6.46. The molecule has 0 aliphatic carbocycles. The fourth-order valence-electron chi connectivity index (χ4n) is 4.18. The van der Waals surface area contributed by atoms with Crippen LogP contribution in [0.15, 0.2) is 48.0 Å². The van der Waals surface area contributed by atoms with Crippen LogP contribution in [0.3, 0.4) is 0 Å². The third-order valence-electron chi connectivity index (χ3n) is 6.19. The maximum Gasteiger partial charge on any atom is 0.295 e. The number of aliphatic hydroxyl groups excluding tert-OH is 1.